The molecule has 0 radical (unpaired) electrons. The molecule has 1 aromatic carbocycles. The third kappa shape index (κ3) is 4.99. The minimum atomic E-state index is -4.58. The molecule has 0 saturated heterocycles. The highest BCUT2D eigenvalue weighted by atomic mass is 35.5. The molecular formula is C16H17ClF3N3O. The molecule has 1 aromatic heterocycles. The molecule has 0 spiro atoms. The molecule has 2 aromatic rings. The summed E-state index contributed by atoms with van der Waals surface area (Å²) in [5, 5.41) is 3.20. The number of anilines is 2. The zero-order chi connectivity index (χ0) is 17.6. The Morgan fingerprint density at radius 3 is 2.62 bits per heavy atom. The molecule has 0 aliphatic rings. The van der Waals surface area contributed by atoms with Gasteiger partial charge in [0.15, 0.2) is 0 Å². The third-order valence-electron chi connectivity index (χ3n) is 3.17. The first-order valence-electron chi connectivity index (χ1n) is 7.50. The van der Waals surface area contributed by atoms with Gasteiger partial charge in [-0.15, -0.1) is 0 Å². The van der Waals surface area contributed by atoms with Crippen molar-refractivity contribution >= 4 is 23.2 Å². The van der Waals surface area contributed by atoms with Crippen LogP contribution in [0, 0.1) is 0 Å². The van der Waals surface area contributed by atoms with Crippen LogP contribution < -0.4 is 10.1 Å². The van der Waals surface area contributed by atoms with Crippen molar-refractivity contribution in [3.63, 3.8) is 0 Å². The number of nitrogens with one attached hydrogen (secondary N) is 1. The van der Waals surface area contributed by atoms with Crippen LogP contribution in [0.2, 0.25) is 5.02 Å². The highest BCUT2D eigenvalue weighted by molar-refractivity contribution is 6.33. The van der Waals surface area contributed by atoms with Crippen LogP contribution in [0.25, 0.3) is 0 Å². The largest absolute Gasteiger partial charge is 0.477 e. The number of nitrogens with zero attached hydrogens (tertiary/aromatic N) is 2. The maximum atomic E-state index is 13.0. The summed E-state index contributed by atoms with van der Waals surface area (Å²) in [5.74, 6) is -0.496. The van der Waals surface area contributed by atoms with Crippen molar-refractivity contribution in [1.82, 2.24) is 9.97 Å². The summed E-state index contributed by atoms with van der Waals surface area (Å²) in [4.78, 5) is 7.56. The van der Waals surface area contributed by atoms with E-state index in [4.69, 9.17) is 16.3 Å². The van der Waals surface area contributed by atoms with Gasteiger partial charge in [0.05, 0.1) is 17.3 Å². The van der Waals surface area contributed by atoms with E-state index in [1.165, 1.54) is 0 Å². The Morgan fingerprint density at radius 1 is 1.21 bits per heavy atom. The Bertz CT molecular complexity index is 680. The lowest BCUT2D eigenvalue weighted by Crippen LogP contribution is -2.13. The van der Waals surface area contributed by atoms with E-state index in [-0.39, 0.29) is 12.6 Å². The standard InChI is InChI=1S/C16H17ClF3N3O/c1-2-3-6-9-24-14-11(16(18,19)20)10-21-15(23-14)22-13-8-5-4-7-12(13)17/h4-5,7-8,10H,2-3,6,9H2,1H3,(H,21,22,23). The second-order valence-corrected chi connectivity index (χ2v) is 5.48. The van der Waals surface area contributed by atoms with Gasteiger partial charge in [0.2, 0.25) is 11.8 Å². The molecule has 0 amide bonds. The highest BCUT2D eigenvalue weighted by Crippen LogP contribution is 2.35. The van der Waals surface area contributed by atoms with Crippen LogP contribution in [0.5, 0.6) is 5.88 Å². The summed E-state index contributed by atoms with van der Waals surface area (Å²) in [7, 11) is 0. The molecule has 4 nitrogen and oxygen atoms in total. The summed E-state index contributed by atoms with van der Waals surface area (Å²) in [6.07, 6.45) is -1.40. The van der Waals surface area contributed by atoms with Crippen LogP contribution in [-0.4, -0.2) is 16.6 Å². The van der Waals surface area contributed by atoms with Crippen molar-refractivity contribution in [3.05, 3.63) is 41.0 Å². The number of aromatic nitrogens is 2. The molecule has 0 bridgehead atoms. The van der Waals surface area contributed by atoms with Crippen LogP contribution in [-0.2, 0) is 6.18 Å². The van der Waals surface area contributed by atoms with E-state index in [1.807, 2.05) is 6.92 Å². The molecule has 1 heterocycles. The fourth-order valence-electron chi connectivity index (χ4n) is 1.93. The Labute approximate surface area is 143 Å². The Kier molecular flexibility index (Phi) is 6.25. The third-order valence-corrected chi connectivity index (χ3v) is 3.50. The van der Waals surface area contributed by atoms with Crippen molar-refractivity contribution in [3.8, 4) is 5.88 Å². The summed E-state index contributed by atoms with van der Waals surface area (Å²) >= 11 is 6.01. The number of hydrogen-bond acceptors (Lipinski definition) is 4. The minimum absolute atomic E-state index is 0.0124. The molecule has 0 fully saturated rings. The smallest absolute Gasteiger partial charge is 0.423 e. The number of alkyl halides is 3. The van der Waals surface area contributed by atoms with Gasteiger partial charge in [0, 0.05) is 6.20 Å². The lowest BCUT2D eigenvalue weighted by atomic mass is 10.3. The van der Waals surface area contributed by atoms with Crippen LogP contribution in [0.1, 0.15) is 31.7 Å². The SMILES string of the molecule is CCCCCOc1nc(Nc2ccccc2Cl)ncc1C(F)(F)F. The molecule has 1 N–H and O–H groups in total. The average molecular weight is 360 g/mol. The molecule has 0 aliphatic carbocycles. The quantitative estimate of drug-likeness (QED) is 0.667. The van der Waals surface area contributed by atoms with Crippen LogP contribution in [0.15, 0.2) is 30.5 Å². The number of halogens is 4. The molecule has 0 unspecified atom stereocenters. The Morgan fingerprint density at radius 2 is 1.96 bits per heavy atom. The number of benzene rings is 1. The van der Waals surface area contributed by atoms with Crippen molar-refractivity contribution in [2.45, 2.75) is 32.4 Å². The molecule has 0 aliphatic heterocycles. The van der Waals surface area contributed by atoms with E-state index in [9.17, 15) is 13.2 Å². The lowest BCUT2D eigenvalue weighted by molar-refractivity contribution is -0.139. The summed E-state index contributed by atoms with van der Waals surface area (Å²) in [5.41, 5.74) is -0.500. The first kappa shape index (κ1) is 18.3. The monoisotopic (exact) mass is 359 g/mol. The Hall–Kier alpha value is -2.02. The number of rotatable bonds is 7. The van der Waals surface area contributed by atoms with Gasteiger partial charge >= 0.3 is 6.18 Å². The molecule has 24 heavy (non-hydrogen) atoms. The summed E-state index contributed by atoms with van der Waals surface area (Å²) in [6.45, 7) is 2.16. The Balaban J connectivity index is 2.23. The van der Waals surface area contributed by atoms with Crippen molar-refractivity contribution < 1.29 is 17.9 Å². The molecule has 8 heteroatoms. The van der Waals surface area contributed by atoms with Crippen molar-refractivity contribution in [2.24, 2.45) is 0 Å². The van der Waals surface area contributed by atoms with Gasteiger partial charge in [-0.2, -0.15) is 18.2 Å². The average Bonchev–Trinajstić information content (AvgIpc) is 2.53. The van der Waals surface area contributed by atoms with Gasteiger partial charge in [-0.1, -0.05) is 43.5 Å². The van der Waals surface area contributed by atoms with E-state index in [2.05, 4.69) is 15.3 Å². The van der Waals surface area contributed by atoms with Gasteiger partial charge in [0.25, 0.3) is 0 Å². The molecule has 0 saturated carbocycles. The topological polar surface area (TPSA) is 47.0 Å². The van der Waals surface area contributed by atoms with Gasteiger partial charge in [-0.3, -0.25) is 0 Å². The fourth-order valence-corrected chi connectivity index (χ4v) is 2.12. The maximum absolute atomic E-state index is 13.0. The predicted octanol–water partition coefficient (Wildman–Crippen LogP) is 5.46. The lowest BCUT2D eigenvalue weighted by Gasteiger charge is -2.14. The van der Waals surface area contributed by atoms with Crippen LogP contribution >= 0.6 is 11.6 Å². The fraction of sp³-hybridized carbons (Fsp3) is 0.375. The number of ether oxygens (including phenoxy) is 1. The zero-order valence-electron chi connectivity index (χ0n) is 13.0. The van der Waals surface area contributed by atoms with E-state index < -0.39 is 17.6 Å². The summed E-state index contributed by atoms with van der Waals surface area (Å²) in [6, 6.07) is 6.80. The van der Waals surface area contributed by atoms with Crippen molar-refractivity contribution in [2.75, 3.05) is 11.9 Å². The first-order chi connectivity index (χ1) is 11.4. The second-order valence-electron chi connectivity index (χ2n) is 5.07. The van der Waals surface area contributed by atoms with Crippen molar-refractivity contribution in [1.29, 1.82) is 0 Å². The van der Waals surface area contributed by atoms with Gasteiger partial charge < -0.3 is 10.1 Å². The molecule has 2 rings (SSSR count). The predicted molar refractivity (Wildman–Crippen MR) is 86.8 cm³/mol. The zero-order valence-corrected chi connectivity index (χ0v) is 13.8. The van der Waals surface area contributed by atoms with Crippen LogP contribution in [0.3, 0.4) is 0 Å². The summed E-state index contributed by atoms with van der Waals surface area (Å²) < 4.78 is 44.4. The van der Waals surface area contributed by atoms with E-state index in [1.54, 1.807) is 24.3 Å². The minimum Gasteiger partial charge on any atom is -0.477 e. The maximum Gasteiger partial charge on any atom is 0.423 e. The van der Waals surface area contributed by atoms with Gasteiger partial charge in [-0.05, 0) is 18.6 Å². The van der Waals surface area contributed by atoms with E-state index >= 15 is 0 Å². The first-order valence-corrected chi connectivity index (χ1v) is 7.88. The highest BCUT2D eigenvalue weighted by Gasteiger charge is 2.36. The molecule has 0 atom stereocenters. The number of hydrogen-bond donors (Lipinski definition) is 1. The molecule has 130 valence electrons. The molecular weight excluding hydrogens is 343 g/mol. The number of unbranched alkanes of at least 4 members (excludes halogenated alkanes) is 2. The van der Waals surface area contributed by atoms with E-state index in [0.717, 1.165) is 12.8 Å². The number of para-hydroxylation sites is 1. The van der Waals surface area contributed by atoms with Crippen LogP contribution in [0.4, 0.5) is 24.8 Å². The normalized spacial score (nSPS) is 11.4. The van der Waals surface area contributed by atoms with Gasteiger partial charge in [0.1, 0.15) is 5.56 Å². The van der Waals surface area contributed by atoms with Gasteiger partial charge in [-0.25, -0.2) is 4.98 Å². The second kappa shape index (κ2) is 8.19. The van der Waals surface area contributed by atoms with E-state index in [0.29, 0.717) is 23.3 Å².